The summed E-state index contributed by atoms with van der Waals surface area (Å²) in [6, 6.07) is 6.44. The Morgan fingerprint density at radius 1 is 1.04 bits per heavy atom. The summed E-state index contributed by atoms with van der Waals surface area (Å²) in [6.07, 6.45) is 5.39. The fraction of sp³-hybridized carbons (Fsp3) is 0.471. The third-order valence-electron chi connectivity index (χ3n) is 3.94. The second-order valence-electron chi connectivity index (χ2n) is 5.98. The van der Waals surface area contributed by atoms with E-state index in [9.17, 15) is 14.4 Å². The SMILES string of the molecule is O=C(O)Cc1ccc(NC(=O)CNC(=O)NC2CCCCC2)cc1. The van der Waals surface area contributed by atoms with E-state index in [0.29, 0.717) is 11.3 Å². The molecule has 1 aromatic carbocycles. The van der Waals surface area contributed by atoms with Crippen molar-refractivity contribution in [2.24, 2.45) is 0 Å². The van der Waals surface area contributed by atoms with Crippen molar-refractivity contribution in [3.8, 4) is 0 Å². The Kier molecular flexibility index (Phi) is 6.60. The molecule has 1 aliphatic rings. The molecule has 1 aliphatic carbocycles. The van der Waals surface area contributed by atoms with E-state index in [1.165, 1.54) is 6.42 Å². The first-order chi connectivity index (χ1) is 11.5. The molecule has 0 bridgehead atoms. The first-order valence-corrected chi connectivity index (χ1v) is 8.18. The Morgan fingerprint density at radius 3 is 2.33 bits per heavy atom. The number of aliphatic carboxylic acids is 1. The van der Waals surface area contributed by atoms with Crippen molar-refractivity contribution in [1.29, 1.82) is 0 Å². The second-order valence-corrected chi connectivity index (χ2v) is 5.98. The molecule has 7 heteroatoms. The molecule has 0 heterocycles. The van der Waals surface area contributed by atoms with E-state index in [1.807, 2.05) is 0 Å². The molecule has 130 valence electrons. The molecule has 0 atom stereocenters. The van der Waals surface area contributed by atoms with Gasteiger partial charge in [-0.1, -0.05) is 31.4 Å². The van der Waals surface area contributed by atoms with E-state index >= 15 is 0 Å². The topological polar surface area (TPSA) is 108 Å². The van der Waals surface area contributed by atoms with E-state index in [1.54, 1.807) is 24.3 Å². The number of carbonyl (C=O) groups is 3. The van der Waals surface area contributed by atoms with Gasteiger partial charge in [-0.05, 0) is 30.5 Å². The molecule has 0 aliphatic heterocycles. The second kappa shape index (κ2) is 8.90. The van der Waals surface area contributed by atoms with Crippen LogP contribution in [0, 0.1) is 0 Å². The van der Waals surface area contributed by atoms with Gasteiger partial charge in [0, 0.05) is 11.7 Å². The zero-order chi connectivity index (χ0) is 17.4. The fourth-order valence-corrected chi connectivity index (χ4v) is 2.73. The molecule has 0 saturated heterocycles. The van der Waals surface area contributed by atoms with E-state index in [4.69, 9.17) is 5.11 Å². The first kappa shape index (κ1) is 17.8. The molecule has 24 heavy (non-hydrogen) atoms. The fourth-order valence-electron chi connectivity index (χ4n) is 2.73. The summed E-state index contributed by atoms with van der Waals surface area (Å²) in [5, 5.41) is 16.8. The van der Waals surface area contributed by atoms with Crippen LogP contribution in [0.15, 0.2) is 24.3 Å². The zero-order valence-electron chi connectivity index (χ0n) is 13.5. The van der Waals surface area contributed by atoms with Crippen molar-refractivity contribution < 1.29 is 19.5 Å². The predicted octanol–water partition coefficient (Wildman–Crippen LogP) is 1.88. The van der Waals surface area contributed by atoms with Crippen molar-refractivity contribution in [1.82, 2.24) is 10.6 Å². The quantitative estimate of drug-likeness (QED) is 0.637. The molecular weight excluding hydrogens is 310 g/mol. The largest absolute Gasteiger partial charge is 0.481 e. The van der Waals surface area contributed by atoms with Crippen LogP contribution in [-0.4, -0.2) is 35.6 Å². The number of carboxylic acid groups (broad SMARTS) is 1. The summed E-state index contributed by atoms with van der Waals surface area (Å²) >= 11 is 0. The lowest BCUT2D eigenvalue weighted by atomic mass is 9.96. The molecule has 0 spiro atoms. The van der Waals surface area contributed by atoms with E-state index in [0.717, 1.165) is 25.7 Å². The van der Waals surface area contributed by atoms with Gasteiger partial charge in [0.05, 0.1) is 13.0 Å². The van der Waals surface area contributed by atoms with Crippen LogP contribution in [0.3, 0.4) is 0 Å². The van der Waals surface area contributed by atoms with Gasteiger partial charge < -0.3 is 21.1 Å². The summed E-state index contributed by atoms with van der Waals surface area (Å²) in [4.78, 5) is 34.2. The highest BCUT2D eigenvalue weighted by Gasteiger charge is 2.15. The van der Waals surface area contributed by atoms with Gasteiger partial charge in [-0.25, -0.2) is 4.79 Å². The normalized spacial score (nSPS) is 14.7. The smallest absolute Gasteiger partial charge is 0.315 e. The number of amides is 3. The van der Waals surface area contributed by atoms with Crippen molar-refractivity contribution in [3.63, 3.8) is 0 Å². The minimum Gasteiger partial charge on any atom is -0.481 e. The highest BCUT2D eigenvalue weighted by Crippen LogP contribution is 2.17. The highest BCUT2D eigenvalue weighted by atomic mass is 16.4. The van der Waals surface area contributed by atoms with Crippen LogP contribution < -0.4 is 16.0 Å². The van der Waals surface area contributed by atoms with E-state index in [-0.39, 0.29) is 30.9 Å². The summed E-state index contributed by atoms with van der Waals surface area (Å²) in [7, 11) is 0. The van der Waals surface area contributed by atoms with Crippen LogP contribution in [0.25, 0.3) is 0 Å². The van der Waals surface area contributed by atoms with E-state index < -0.39 is 5.97 Å². The van der Waals surface area contributed by atoms with Crippen molar-refractivity contribution in [3.05, 3.63) is 29.8 Å². The Morgan fingerprint density at radius 2 is 1.71 bits per heavy atom. The number of hydrogen-bond acceptors (Lipinski definition) is 3. The molecule has 1 fully saturated rings. The lowest BCUT2D eigenvalue weighted by Gasteiger charge is -2.22. The standard InChI is InChI=1S/C17H23N3O4/c21-15(11-18-17(24)20-13-4-2-1-3-5-13)19-14-8-6-12(7-9-14)10-16(22)23/h6-9,13H,1-5,10-11H2,(H,19,21)(H,22,23)(H2,18,20,24). The number of nitrogens with one attached hydrogen (secondary N) is 3. The van der Waals surface area contributed by atoms with Crippen LogP contribution >= 0.6 is 0 Å². The number of anilines is 1. The Bertz CT molecular complexity index is 580. The maximum atomic E-state index is 11.8. The van der Waals surface area contributed by atoms with Gasteiger partial charge in [-0.3, -0.25) is 9.59 Å². The Balaban J connectivity index is 1.70. The average molecular weight is 333 g/mol. The number of carbonyl (C=O) groups excluding carboxylic acids is 2. The molecule has 0 radical (unpaired) electrons. The number of benzene rings is 1. The zero-order valence-corrected chi connectivity index (χ0v) is 13.5. The molecule has 7 nitrogen and oxygen atoms in total. The molecule has 1 aromatic rings. The minimum absolute atomic E-state index is 0.0584. The van der Waals surface area contributed by atoms with Gasteiger partial charge in [-0.2, -0.15) is 0 Å². The van der Waals surface area contributed by atoms with Crippen LogP contribution in [0.5, 0.6) is 0 Å². The third kappa shape index (κ3) is 6.28. The lowest BCUT2D eigenvalue weighted by molar-refractivity contribution is -0.136. The summed E-state index contributed by atoms with van der Waals surface area (Å²) in [6.45, 7) is -0.116. The lowest BCUT2D eigenvalue weighted by Crippen LogP contribution is -2.45. The summed E-state index contributed by atoms with van der Waals surface area (Å²) in [5.41, 5.74) is 1.22. The highest BCUT2D eigenvalue weighted by molar-refractivity contribution is 5.94. The minimum atomic E-state index is -0.903. The third-order valence-corrected chi connectivity index (χ3v) is 3.94. The molecule has 0 unspecified atom stereocenters. The van der Waals surface area contributed by atoms with Gasteiger partial charge in [-0.15, -0.1) is 0 Å². The van der Waals surface area contributed by atoms with Crippen molar-refractivity contribution in [2.45, 2.75) is 44.6 Å². The number of hydrogen-bond donors (Lipinski definition) is 4. The van der Waals surface area contributed by atoms with Crippen LogP contribution in [-0.2, 0) is 16.0 Å². The van der Waals surface area contributed by atoms with E-state index in [2.05, 4.69) is 16.0 Å². The number of urea groups is 1. The molecule has 4 N–H and O–H groups in total. The van der Waals surface area contributed by atoms with Crippen LogP contribution in [0.2, 0.25) is 0 Å². The van der Waals surface area contributed by atoms with Crippen molar-refractivity contribution in [2.75, 3.05) is 11.9 Å². The Labute approximate surface area is 140 Å². The number of carboxylic acids is 1. The van der Waals surface area contributed by atoms with Crippen LogP contribution in [0.4, 0.5) is 10.5 Å². The number of rotatable bonds is 6. The molecule has 3 amide bonds. The Hall–Kier alpha value is -2.57. The first-order valence-electron chi connectivity index (χ1n) is 8.18. The maximum absolute atomic E-state index is 11.8. The molecule has 2 rings (SSSR count). The van der Waals surface area contributed by atoms with Gasteiger partial charge in [0.1, 0.15) is 0 Å². The van der Waals surface area contributed by atoms with Crippen LogP contribution in [0.1, 0.15) is 37.7 Å². The van der Waals surface area contributed by atoms with Gasteiger partial charge in [0.15, 0.2) is 0 Å². The van der Waals surface area contributed by atoms with Gasteiger partial charge in [0.2, 0.25) is 5.91 Å². The predicted molar refractivity (Wildman–Crippen MR) is 89.8 cm³/mol. The summed E-state index contributed by atoms with van der Waals surface area (Å²) in [5.74, 6) is -1.24. The average Bonchev–Trinajstić information content (AvgIpc) is 2.55. The maximum Gasteiger partial charge on any atom is 0.315 e. The molecule has 1 saturated carbocycles. The van der Waals surface area contributed by atoms with Crippen molar-refractivity contribution >= 4 is 23.6 Å². The molecule has 0 aromatic heterocycles. The summed E-state index contributed by atoms with van der Waals surface area (Å²) < 4.78 is 0. The van der Waals surface area contributed by atoms with Gasteiger partial charge >= 0.3 is 12.0 Å². The monoisotopic (exact) mass is 333 g/mol. The van der Waals surface area contributed by atoms with Gasteiger partial charge in [0.25, 0.3) is 0 Å². The molecular formula is C17H23N3O4.